The molecule has 0 heterocycles. The van der Waals surface area contributed by atoms with E-state index in [0.29, 0.717) is 12.5 Å². The van der Waals surface area contributed by atoms with Crippen LogP contribution in [0.2, 0.25) is 0 Å². The molecule has 0 aromatic heterocycles. The molecule has 2 atom stereocenters. The van der Waals surface area contributed by atoms with Crippen LogP contribution < -0.4 is 0 Å². The molecule has 0 aromatic carbocycles. The van der Waals surface area contributed by atoms with Crippen LogP contribution >= 0.6 is 12.4 Å². The van der Waals surface area contributed by atoms with Crippen LogP contribution in [0.4, 0.5) is 0 Å². The Morgan fingerprint density at radius 1 is 1.05 bits per heavy atom. The highest BCUT2D eigenvalue weighted by molar-refractivity contribution is 5.85. The maximum absolute atomic E-state index is 10.9. The fourth-order valence-electron chi connectivity index (χ4n) is 2.46. The van der Waals surface area contributed by atoms with Crippen molar-refractivity contribution in [3.63, 3.8) is 0 Å². The number of rotatable bonds is 12. The summed E-state index contributed by atoms with van der Waals surface area (Å²) < 4.78 is 0. The average molecular weight is 309 g/mol. The molecule has 0 aliphatic rings. The predicted molar refractivity (Wildman–Crippen MR) is 88.4 cm³/mol. The van der Waals surface area contributed by atoms with Gasteiger partial charge in [0, 0.05) is 24.3 Å². The lowest BCUT2D eigenvalue weighted by Gasteiger charge is -2.32. The zero-order valence-electron chi connectivity index (χ0n) is 13.6. The molecule has 0 bridgehead atoms. The van der Waals surface area contributed by atoms with Crippen LogP contribution in [0.5, 0.6) is 0 Å². The number of nitro groups is 1. The van der Waals surface area contributed by atoms with Gasteiger partial charge in [-0.3, -0.25) is 10.1 Å². The summed E-state index contributed by atoms with van der Waals surface area (Å²) in [7, 11) is 0. The van der Waals surface area contributed by atoms with Crippen LogP contribution in [0.15, 0.2) is 0 Å². The monoisotopic (exact) mass is 308 g/mol. The molecule has 4 nitrogen and oxygen atoms in total. The van der Waals surface area contributed by atoms with Crippen molar-refractivity contribution in [3.05, 3.63) is 10.1 Å². The van der Waals surface area contributed by atoms with Gasteiger partial charge in [-0.1, -0.05) is 40.0 Å². The summed E-state index contributed by atoms with van der Waals surface area (Å²) in [6.07, 6.45) is 7.62. The standard InChI is InChI=1S/C15H32N2O2.ClH/c1-5-8-11-16(12-9-6-2)15(10-7-3)13-14(4)17(18)19;/h14-15H,5-13H2,1-4H3;1H. The first-order valence-electron chi connectivity index (χ1n) is 7.94. The zero-order valence-corrected chi connectivity index (χ0v) is 14.5. The van der Waals surface area contributed by atoms with Gasteiger partial charge in [0.1, 0.15) is 0 Å². The molecule has 0 amide bonds. The van der Waals surface area contributed by atoms with Crippen LogP contribution in [0.25, 0.3) is 0 Å². The van der Waals surface area contributed by atoms with E-state index in [0.717, 1.165) is 25.9 Å². The van der Waals surface area contributed by atoms with Gasteiger partial charge in [0.05, 0.1) is 0 Å². The topological polar surface area (TPSA) is 46.4 Å². The third-order valence-electron chi connectivity index (χ3n) is 3.71. The van der Waals surface area contributed by atoms with E-state index < -0.39 is 6.04 Å². The van der Waals surface area contributed by atoms with Crippen molar-refractivity contribution in [3.8, 4) is 0 Å². The third kappa shape index (κ3) is 9.54. The number of unbranched alkanes of at least 4 members (excludes halogenated alkanes) is 2. The number of hydrogen-bond donors (Lipinski definition) is 0. The van der Waals surface area contributed by atoms with E-state index in [4.69, 9.17) is 0 Å². The van der Waals surface area contributed by atoms with E-state index in [2.05, 4.69) is 25.7 Å². The predicted octanol–water partition coefficient (Wildman–Crippen LogP) is 4.53. The summed E-state index contributed by atoms with van der Waals surface area (Å²) in [5.41, 5.74) is 0. The van der Waals surface area contributed by atoms with Gasteiger partial charge in [0.15, 0.2) is 0 Å². The molecule has 122 valence electrons. The molecule has 0 saturated carbocycles. The highest BCUT2D eigenvalue weighted by Crippen LogP contribution is 2.16. The lowest BCUT2D eigenvalue weighted by atomic mass is 10.0. The van der Waals surface area contributed by atoms with Crippen LogP contribution in [0.3, 0.4) is 0 Å². The van der Waals surface area contributed by atoms with E-state index >= 15 is 0 Å². The lowest BCUT2D eigenvalue weighted by molar-refractivity contribution is -0.520. The smallest absolute Gasteiger partial charge is 0.211 e. The maximum atomic E-state index is 10.9. The minimum absolute atomic E-state index is 0. The second kappa shape index (κ2) is 13.6. The molecule has 0 N–H and O–H groups in total. The van der Waals surface area contributed by atoms with E-state index in [-0.39, 0.29) is 17.3 Å². The molecular weight excluding hydrogens is 276 g/mol. The van der Waals surface area contributed by atoms with Gasteiger partial charge in [0.25, 0.3) is 0 Å². The van der Waals surface area contributed by atoms with Crippen LogP contribution in [0, 0.1) is 10.1 Å². The minimum Gasteiger partial charge on any atom is -0.300 e. The SMILES string of the molecule is CCCCN(CCCC)C(CCC)CC(C)[N+](=O)[O-].Cl. The van der Waals surface area contributed by atoms with Crippen LogP contribution in [-0.2, 0) is 0 Å². The first-order valence-corrected chi connectivity index (χ1v) is 7.94. The molecule has 20 heavy (non-hydrogen) atoms. The Morgan fingerprint density at radius 2 is 1.55 bits per heavy atom. The molecule has 0 spiro atoms. The third-order valence-corrected chi connectivity index (χ3v) is 3.71. The van der Waals surface area contributed by atoms with Gasteiger partial charge in [-0.05, 0) is 32.4 Å². The van der Waals surface area contributed by atoms with Crippen molar-refractivity contribution < 1.29 is 4.92 Å². The second-order valence-electron chi connectivity index (χ2n) is 5.56. The summed E-state index contributed by atoms with van der Waals surface area (Å²) in [6, 6.07) is -0.0502. The zero-order chi connectivity index (χ0) is 14.7. The van der Waals surface area contributed by atoms with Gasteiger partial charge in [-0.2, -0.15) is 0 Å². The van der Waals surface area contributed by atoms with Crippen LogP contribution in [-0.4, -0.2) is 35.0 Å². The van der Waals surface area contributed by atoms with E-state index in [1.165, 1.54) is 25.7 Å². The normalized spacial score (nSPS) is 13.8. The van der Waals surface area contributed by atoms with E-state index in [1.807, 2.05) is 0 Å². The van der Waals surface area contributed by atoms with E-state index in [9.17, 15) is 10.1 Å². The molecule has 0 radical (unpaired) electrons. The summed E-state index contributed by atoms with van der Waals surface area (Å²) in [5.74, 6) is 0. The Kier molecular flexibility index (Phi) is 14.9. The summed E-state index contributed by atoms with van der Waals surface area (Å²) >= 11 is 0. The maximum Gasteiger partial charge on any atom is 0.211 e. The largest absolute Gasteiger partial charge is 0.300 e. The molecule has 2 unspecified atom stereocenters. The van der Waals surface area contributed by atoms with Gasteiger partial charge in [-0.15, -0.1) is 12.4 Å². The van der Waals surface area contributed by atoms with Crippen molar-refractivity contribution in [2.24, 2.45) is 0 Å². The second-order valence-corrected chi connectivity index (χ2v) is 5.56. The number of nitrogens with zero attached hydrogens (tertiary/aromatic N) is 2. The minimum atomic E-state index is -0.428. The Balaban J connectivity index is 0. The van der Waals surface area contributed by atoms with Crippen molar-refractivity contribution >= 4 is 12.4 Å². The summed E-state index contributed by atoms with van der Waals surface area (Å²) in [5, 5.41) is 10.9. The Bertz CT molecular complexity index is 232. The van der Waals surface area contributed by atoms with Crippen molar-refractivity contribution in [2.75, 3.05) is 13.1 Å². The number of halogens is 1. The van der Waals surface area contributed by atoms with Crippen molar-refractivity contribution in [2.45, 2.75) is 84.7 Å². The number of hydrogen-bond acceptors (Lipinski definition) is 3. The molecule has 0 rings (SSSR count). The van der Waals surface area contributed by atoms with Gasteiger partial charge in [-0.25, -0.2) is 0 Å². The summed E-state index contributed by atoms with van der Waals surface area (Å²) in [6.45, 7) is 10.5. The van der Waals surface area contributed by atoms with Gasteiger partial charge < -0.3 is 4.90 Å². The molecule has 0 saturated heterocycles. The molecular formula is C15H33ClN2O2. The van der Waals surface area contributed by atoms with Gasteiger partial charge >= 0.3 is 0 Å². The molecule has 0 aliphatic heterocycles. The molecule has 0 fully saturated rings. The Labute approximate surface area is 130 Å². The molecule has 5 heteroatoms. The first kappa shape index (κ1) is 21.9. The highest BCUT2D eigenvalue weighted by Gasteiger charge is 2.24. The first-order chi connectivity index (χ1) is 9.06. The molecule has 0 aromatic rings. The lowest BCUT2D eigenvalue weighted by Crippen LogP contribution is -2.40. The Hall–Kier alpha value is -0.350. The Morgan fingerprint density at radius 3 is 1.90 bits per heavy atom. The fraction of sp³-hybridized carbons (Fsp3) is 1.00. The van der Waals surface area contributed by atoms with Crippen molar-refractivity contribution in [1.29, 1.82) is 0 Å². The van der Waals surface area contributed by atoms with Crippen molar-refractivity contribution in [1.82, 2.24) is 4.90 Å². The van der Waals surface area contributed by atoms with E-state index in [1.54, 1.807) is 6.92 Å². The quantitative estimate of drug-likeness (QED) is 0.393. The van der Waals surface area contributed by atoms with Crippen LogP contribution in [0.1, 0.15) is 72.6 Å². The summed E-state index contributed by atoms with van der Waals surface area (Å²) in [4.78, 5) is 13.2. The van der Waals surface area contributed by atoms with Gasteiger partial charge in [0.2, 0.25) is 6.04 Å². The molecule has 0 aliphatic carbocycles. The fourth-order valence-corrected chi connectivity index (χ4v) is 2.46. The highest BCUT2D eigenvalue weighted by atomic mass is 35.5. The average Bonchev–Trinajstić information content (AvgIpc) is 2.38.